The summed E-state index contributed by atoms with van der Waals surface area (Å²) in [6.07, 6.45) is 0.199. The van der Waals surface area contributed by atoms with E-state index in [1.54, 1.807) is 25.1 Å². The molecule has 0 heterocycles. The maximum Gasteiger partial charge on any atom is 0.273 e. The monoisotopic (exact) mass is 670 g/mol. The fourth-order valence-electron chi connectivity index (χ4n) is 4.37. The SMILES string of the molecule is CC[C@H](C(=O)NC)N(Cc1ccc(Cl)c(Cl)c1)C(=O)CN(c1cc(Cl)ccc1OC)S(=O)(=O)c1ccc(C)c([N+](=O)[O-])c1. The third-order valence-electron chi connectivity index (χ3n) is 6.62. The average Bonchev–Trinajstić information content (AvgIpc) is 2.97. The number of nitro groups is 1. The molecule has 1 atom stereocenters. The number of carbonyl (C=O) groups is 2. The zero-order valence-corrected chi connectivity index (χ0v) is 26.7. The smallest absolute Gasteiger partial charge is 0.273 e. The second-order valence-corrected chi connectivity index (χ2v) is 12.5. The molecule has 43 heavy (non-hydrogen) atoms. The maximum absolute atomic E-state index is 14.1. The second kappa shape index (κ2) is 14.3. The molecule has 0 spiro atoms. The van der Waals surface area contributed by atoms with Crippen LogP contribution in [0.25, 0.3) is 0 Å². The number of hydrogen-bond donors (Lipinski definition) is 1. The van der Waals surface area contributed by atoms with Crippen molar-refractivity contribution in [2.24, 2.45) is 0 Å². The van der Waals surface area contributed by atoms with Crippen molar-refractivity contribution in [2.75, 3.05) is 25.0 Å². The van der Waals surface area contributed by atoms with Crippen molar-refractivity contribution in [2.45, 2.75) is 37.8 Å². The summed E-state index contributed by atoms with van der Waals surface area (Å²) in [7, 11) is -1.91. The van der Waals surface area contributed by atoms with E-state index in [4.69, 9.17) is 39.5 Å². The van der Waals surface area contributed by atoms with Crippen LogP contribution >= 0.6 is 34.8 Å². The number of ether oxygens (including phenoxy) is 1. The molecule has 0 aliphatic rings. The van der Waals surface area contributed by atoms with E-state index in [-0.39, 0.29) is 40.0 Å². The molecule has 230 valence electrons. The standard InChI is InChI=1S/C28H29Cl3N4O7S/c1-5-23(28(37)32-3)33(15-18-7-10-21(30)22(31)12-18)27(36)16-34(25-13-19(29)8-11-26(25)42-4)43(40,41)20-9-6-17(2)24(14-20)35(38)39/h6-14,23H,5,15-16H2,1-4H3,(H,32,37)/t23-/m1/s1. The summed E-state index contributed by atoms with van der Waals surface area (Å²) in [5.74, 6) is -1.16. The minimum atomic E-state index is -4.64. The van der Waals surface area contributed by atoms with Crippen molar-refractivity contribution in [3.8, 4) is 5.75 Å². The second-order valence-electron chi connectivity index (χ2n) is 9.34. The molecule has 0 aliphatic carbocycles. The largest absolute Gasteiger partial charge is 0.495 e. The van der Waals surface area contributed by atoms with E-state index in [9.17, 15) is 28.1 Å². The highest BCUT2D eigenvalue weighted by Crippen LogP contribution is 2.36. The molecule has 1 N–H and O–H groups in total. The van der Waals surface area contributed by atoms with Crippen molar-refractivity contribution >= 4 is 68.0 Å². The Kier molecular flexibility index (Phi) is 11.2. The van der Waals surface area contributed by atoms with Gasteiger partial charge < -0.3 is 15.0 Å². The van der Waals surface area contributed by atoms with Crippen molar-refractivity contribution in [1.29, 1.82) is 0 Å². The van der Waals surface area contributed by atoms with Crippen LogP contribution < -0.4 is 14.4 Å². The van der Waals surface area contributed by atoms with Crippen molar-refractivity contribution in [1.82, 2.24) is 10.2 Å². The number of nitro benzene ring substituents is 1. The van der Waals surface area contributed by atoms with Gasteiger partial charge in [-0.3, -0.25) is 24.0 Å². The number of sulfonamides is 1. The molecule has 0 radical (unpaired) electrons. The number of halogens is 3. The Hall–Kier alpha value is -3.58. The quantitative estimate of drug-likeness (QED) is 0.195. The topological polar surface area (TPSA) is 139 Å². The number of hydrogen-bond acceptors (Lipinski definition) is 7. The maximum atomic E-state index is 14.1. The Morgan fingerprint density at radius 2 is 1.74 bits per heavy atom. The predicted molar refractivity (Wildman–Crippen MR) is 166 cm³/mol. The number of methoxy groups -OCH3 is 1. The molecule has 3 aromatic carbocycles. The first-order chi connectivity index (χ1) is 20.2. The van der Waals surface area contributed by atoms with E-state index < -0.39 is 49.9 Å². The first-order valence-electron chi connectivity index (χ1n) is 12.8. The van der Waals surface area contributed by atoms with Gasteiger partial charge in [-0.1, -0.05) is 53.9 Å². The zero-order chi connectivity index (χ0) is 32.1. The van der Waals surface area contributed by atoms with Gasteiger partial charge in [-0.25, -0.2) is 8.42 Å². The van der Waals surface area contributed by atoms with Crippen LogP contribution in [0.15, 0.2) is 59.5 Å². The summed E-state index contributed by atoms with van der Waals surface area (Å²) in [6, 6.07) is 11.4. The third kappa shape index (κ3) is 7.69. The summed E-state index contributed by atoms with van der Waals surface area (Å²) in [4.78, 5) is 38.7. The number of nitrogens with one attached hydrogen (secondary N) is 1. The highest BCUT2D eigenvalue weighted by molar-refractivity contribution is 7.92. The molecule has 0 saturated carbocycles. The van der Waals surface area contributed by atoms with Gasteiger partial charge in [0.25, 0.3) is 15.7 Å². The summed E-state index contributed by atoms with van der Waals surface area (Å²) >= 11 is 18.5. The first kappa shape index (κ1) is 33.9. The van der Waals surface area contributed by atoms with Crippen LogP contribution in [0.3, 0.4) is 0 Å². The van der Waals surface area contributed by atoms with Crippen LogP contribution in [-0.2, 0) is 26.2 Å². The molecular weight excluding hydrogens is 643 g/mol. The van der Waals surface area contributed by atoms with Gasteiger partial charge in [0.15, 0.2) is 0 Å². The van der Waals surface area contributed by atoms with Gasteiger partial charge in [-0.2, -0.15) is 0 Å². The van der Waals surface area contributed by atoms with E-state index in [0.29, 0.717) is 10.6 Å². The number of benzene rings is 3. The molecule has 0 aromatic heterocycles. The summed E-state index contributed by atoms with van der Waals surface area (Å²) in [5, 5.41) is 14.8. The van der Waals surface area contributed by atoms with Gasteiger partial charge in [0.1, 0.15) is 18.3 Å². The van der Waals surface area contributed by atoms with E-state index in [1.807, 2.05) is 0 Å². The van der Waals surface area contributed by atoms with Crippen LogP contribution in [0, 0.1) is 17.0 Å². The normalized spacial score (nSPS) is 11.9. The van der Waals surface area contributed by atoms with Crippen LogP contribution in [-0.4, -0.2) is 56.8 Å². The zero-order valence-electron chi connectivity index (χ0n) is 23.6. The fourth-order valence-corrected chi connectivity index (χ4v) is 6.29. The fraction of sp³-hybridized carbons (Fsp3) is 0.286. The summed E-state index contributed by atoms with van der Waals surface area (Å²) < 4.78 is 34.4. The van der Waals surface area contributed by atoms with Crippen LogP contribution in [0.4, 0.5) is 11.4 Å². The number of rotatable bonds is 12. The number of anilines is 1. The molecular formula is C28H29Cl3N4O7S. The number of likely N-dealkylation sites (N-methyl/N-ethyl adjacent to an activating group) is 1. The van der Waals surface area contributed by atoms with Gasteiger partial charge >= 0.3 is 0 Å². The van der Waals surface area contributed by atoms with Crippen LogP contribution in [0.1, 0.15) is 24.5 Å². The molecule has 15 heteroatoms. The summed E-state index contributed by atoms with van der Waals surface area (Å²) in [6.45, 7) is 2.25. The van der Waals surface area contributed by atoms with Crippen LogP contribution in [0.5, 0.6) is 5.75 Å². The highest BCUT2D eigenvalue weighted by atomic mass is 35.5. The van der Waals surface area contributed by atoms with Gasteiger partial charge in [0.05, 0.1) is 32.7 Å². The lowest BCUT2D eigenvalue weighted by Crippen LogP contribution is -2.51. The Balaban J connectivity index is 2.20. The number of amides is 2. The average molecular weight is 672 g/mol. The first-order valence-corrected chi connectivity index (χ1v) is 15.4. The Morgan fingerprint density at radius 3 is 2.33 bits per heavy atom. The van der Waals surface area contributed by atoms with E-state index >= 15 is 0 Å². The van der Waals surface area contributed by atoms with Crippen molar-refractivity contribution in [3.05, 3.63) is 90.9 Å². The van der Waals surface area contributed by atoms with Crippen molar-refractivity contribution in [3.63, 3.8) is 0 Å². The van der Waals surface area contributed by atoms with Gasteiger partial charge in [-0.15, -0.1) is 0 Å². The molecule has 0 aliphatic heterocycles. The lowest BCUT2D eigenvalue weighted by Gasteiger charge is -2.33. The predicted octanol–water partition coefficient (Wildman–Crippen LogP) is 5.62. The molecule has 0 unspecified atom stereocenters. The van der Waals surface area contributed by atoms with E-state index in [2.05, 4.69) is 5.32 Å². The Morgan fingerprint density at radius 1 is 1.05 bits per heavy atom. The van der Waals surface area contributed by atoms with Gasteiger partial charge in [0, 0.05) is 30.2 Å². The molecule has 2 amide bonds. The third-order valence-corrected chi connectivity index (χ3v) is 9.35. The number of nitrogens with zero attached hydrogens (tertiary/aromatic N) is 3. The molecule has 3 aromatic rings. The molecule has 0 saturated heterocycles. The minimum absolute atomic E-state index is 0.0664. The Labute approximate surface area is 264 Å². The molecule has 0 fully saturated rings. The van der Waals surface area contributed by atoms with Gasteiger partial charge in [0.2, 0.25) is 11.8 Å². The van der Waals surface area contributed by atoms with E-state index in [0.717, 1.165) is 10.4 Å². The lowest BCUT2D eigenvalue weighted by molar-refractivity contribution is -0.385. The molecule has 3 rings (SSSR count). The van der Waals surface area contributed by atoms with Crippen LogP contribution in [0.2, 0.25) is 15.1 Å². The lowest BCUT2D eigenvalue weighted by atomic mass is 10.1. The van der Waals surface area contributed by atoms with Gasteiger partial charge in [-0.05, 0) is 55.3 Å². The highest BCUT2D eigenvalue weighted by Gasteiger charge is 2.35. The van der Waals surface area contributed by atoms with Crippen molar-refractivity contribution < 1.29 is 27.7 Å². The van der Waals surface area contributed by atoms with E-state index in [1.165, 1.54) is 56.3 Å². The molecule has 0 bridgehead atoms. The molecule has 11 nitrogen and oxygen atoms in total. The minimum Gasteiger partial charge on any atom is -0.495 e. The number of aryl methyl sites for hydroxylation is 1. The summed E-state index contributed by atoms with van der Waals surface area (Å²) in [5.41, 5.74) is 0.274. The number of carbonyl (C=O) groups excluding carboxylic acids is 2. The Bertz CT molecular complexity index is 1650.